The largest absolute Gasteiger partial charge is 0.385 e. The number of rotatable bonds is 7. The van der Waals surface area contributed by atoms with Crippen LogP contribution < -0.4 is 10.4 Å². The Morgan fingerprint density at radius 2 is 1.68 bits per heavy atom. The number of nitrogens with zero attached hydrogens (tertiary/aromatic N) is 4. The van der Waals surface area contributed by atoms with E-state index in [-0.39, 0.29) is 41.5 Å². The third kappa shape index (κ3) is 4.69. The van der Waals surface area contributed by atoms with Gasteiger partial charge in [0.05, 0.1) is 23.6 Å². The zero-order valence-corrected chi connectivity index (χ0v) is 19.9. The summed E-state index contributed by atoms with van der Waals surface area (Å²) in [5.41, 5.74) is 4.18. The molecule has 0 aromatic heterocycles. The summed E-state index contributed by atoms with van der Waals surface area (Å²) in [6.45, 7) is 5.02. The number of fused-ring (bicyclic) bond motifs is 1. The Balaban J connectivity index is 1.30. The fourth-order valence-corrected chi connectivity index (χ4v) is 5.52. The molecule has 4 fully saturated rings. The molecule has 3 saturated heterocycles. The fourth-order valence-electron chi connectivity index (χ4n) is 5.52. The Morgan fingerprint density at radius 3 is 2.32 bits per heavy atom. The van der Waals surface area contributed by atoms with Crippen molar-refractivity contribution >= 4 is 23.4 Å². The van der Waals surface area contributed by atoms with Gasteiger partial charge in [-0.1, -0.05) is 18.2 Å². The molecule has 0 radical (unpaired) electrons. The van der Waals surface area contributed by atoms with Crippen molar-refractivity contribution in [2.45, 2.75) is 25.3 Å². The molecule has 1 aromatic carbocycles. The highest BCUT2D eigenvalue weighted by Crippen LogP contribution is 2.34. The smallest absolute Gasteiger partial charge is 0.247 e. The van der Waals surface area contributed by atoms with Crippen LogP contribution in [-0.2, 0) is 19.1 Å². The van der Waals surface area contributed by atoms with Gasteiger partial charge in [-0.25, -0.2) is 10.4 Å². The highest BCUT2D eigenvalue weighted by Gasteiger charge is 2.51. The number of likely N-dealkylation sites (tertiary alicyclic amines) is 1. The van der Waals surface area contributed by atoms with E-state index in [2.05, 4.69) is 10.3 Å². The zero-order valence-electron chi connectivity index (χ0n) is 19.9. The number of hydrogen-bond donors (Lipinski definition) is 1. The number of nitrogens with one attached hydrogen (secondary N) is 1. The molecule has 0 bridgehead atoms. The van der Waals surface area contributed by atoms with Crippen LogP contribution in [0.3, 0.4) is 0 Å². The molecule has 1 saturated carbocycles. The summed E-state index contributed by atoms with van der Waals surface area (Å²) in [5, 5.41) is 1.63. The molecule has 5 rings (SSSR count). The second-order valence-electron chi connectivity index (χ2n) is 9.91. The Hall–Kier alpha value is -2.49. The lowest BCUT2D eigenvalue weighted by Crippen LogP contribution is -2.60. The van der Waals surface area contributed by atoms with Crippen LogP contribution in [0.5, 0.6) is 0 Å². The van der Waals surface area contributed by atoms with Crippen LogP contribution in [0.1, 0.15) is 19.3 Å². The van der Waals surface area contributed by atoms with E-state index in [1.807, 2.05) is 40.1 Å². The van der Waals surface area contributed by atoms with Crippen LogP contribution >= 0.6 is 0 Å². The second-order valence-corrected chi connectivity index (χ2v) is 9.91. The van der Waals surface area contributed by atoms with Crippen molar-refractivity contribution in [2.24, 2.45) is 17.8 Å². The number of amides is 3. The number of methoxy groups -OCH3 is 1. The van der Waals surface area contributed by atoms with Crippen LogP contribution in [0.2, 0.25) is 0 Å². The predicted molar refractivity (Wildman–Crippen MR) is 127 cm³/mol. The van der Waals surface area contributed by atoms with Crippen LogP contribution in [0.25, 0.3) is 0 Å². The third-order valence-electron chi connectivity index (χ3n) is 7.58. The molecular weight excluding hydrogens is 434 g/mol. The molecule has 1 aromatic rings. The minimum absolute atomic E-state index is 0.0188. The van der Waals surface area contributed by atoms with Gasteiger partial charge in [0, 0.05) is 65.4 Å². The third-order valence-corrected chi connectivity index (χ3v) is 7.58. The molecule has 9 heteroatoms. The van der Waals surface area contributed by atoms with Crippen molar-refractivity contribution in [3.8, 4) is 0 Å². The van der Waals surface area contributed by atoms with Gasteiger partial charge in [0.25, 0.3) is 0 Å². The van der Waals surface area contributed by atoms with E-state index >= 15 is 0 Å². The van der Waals surface area contributed by atoms with E-state index in [9.17, 15) is 14.4 Å². The van der Waals surface area contributed by atoms with Gasteiger partial charge >= 0.3 is 0 Å². The van der Waals surface area contributed by atoms with Crippen LogP contribution in [0, 0.1) is 17.8 Å². The van der Waals surface area contributed by atoms with Crippen molar-refractivity contribution in [2.75, 3.05) is 64.5 Å². The average molecular weight is 470 g/mol. The summed E-state index contributed by atoms with van der Waals surface area (Å²) in [7, 11) is 1.69. The topological polar surface area (TPSA) is 85.4 Å². The Morgan fingerprint density at radius 1 is 1.00 bits per heavy atom. The summed E-state index contributed by atoms with van der Waals surface area (Å²) < 4.78 is 5.21. The normalized spacial score (nSPS) is 27.7. The predicted octanol–water partition coefficient (Wildman–Crippen LogP) is 0.572. The first-order valence-corrected chi connectivity index (χ1v) is 12.5. The molecule has 3 heterocycles. The van der Waals surface area contributed by atoms with E-state index in [1.54, 1.807) is 12.1 Å². The van der Waals surface area contributed by atoms with Gasteiger partial charge in [0.2, 0.25) is 17.7 Å². The lowest BCUT2D eigenvalue weighted by Gasteiger charge is -2.42. The summed E-state index contributed by atoms with van der Waals surface area (Å²) in [6, 6.07) is 9.33. The summed E-state index contributed by atoms with van der Waals surface area (Å²) in [5.74, 6) is -0.0336. The van der Waals surface area contributed by atoms with Crippen molar-refractivity contribution in [1.29, 1.82) is 0 Å². The van der Waals surface area contributed by atoms with Gasteiger partial charge < -0.3 is 19.4 Å². The average Bonchev–Trinajstić information content (AvgIpc) is 3.67. The molecule has 3 aliphatic heterocycles. The second kappa shape index (κ2) is 10.0. The summed E-state index contributed by atoms with van der Waals surface area (Å²) in [6.07, 6.45) is 2.86. The van der Waals surface area contributed by atoms with Crippen molar-refractivity contribution < 1.29 is 19.1 Å². The van der Waals surface area contributed by atoms with Crippen molar-refractivity contribution in [1.82, 2.24) is 20.1 Å². The van der Waals surface area contributed by atoms with Crippen LogP contribution in [0.15, 0.2) is 30.3 Å². The van der Waals surface area contributed by atoms with Gasteiger partial charge in [0.15, 0.2) is 0 Å². The number of carbonyl (C=O) groups excluding carboxylic acids is 3. The highest BCUT2D eigenvalue weighted by molar-refractivity contribution is 5.98. The Bertz CT molecular complexity index is 900. The number of ether oxygens (including phenoxy) is 1. The number of piperazine rings is 1. The molecule has 0 spiro atoms. The van der Waals surface area contributed by atoms with Crippen LogP contribution in [0.4, 0.5) is 5.69 Å². The quantitative estimate of drug-likeness (QED) is 0.588. The van der Waals surface area contributed by atoms with Crippen LogP contribution in [-0.4, -0.2) is 98.0 Å². The first kappa shape index (κ1) is 23.3. The molecule has 3 amide bonds. The lowest BCUT2D eigenvalue weighted by molar-refractivity contribution is -0.145. The van der Waals surface area contributed by atoms with E-state index in [4.69, 9.17) is 4.74 Å². The molecule has 3 atom stereocenters. The molecule has 34 heavy (non-hydrogen) atoms. The van der Waals surface area contributed by atoms with Gasteiger partial charge in [-0.3, -0.25) is 14.4 Å². The monoisotopic (exact) mass is 469 g/mol. The fraction of sp³-hybridized carbons (Fsp3) is 0.640. The standard InChI is InChI=1S/C25H35N5O4/c1-34-15-5-10-27-16-20(24(32)29-13-11-28(12-14-29)23(31)18-8-9-18)22-21(17-27)25(33)30(26-22)19-6-3-2-4-7-19/h2-4,6-7,18,20-22,26H,5,8-17H2,1H3. The number of piperidine rings is 1. The summed E-state index contributed by atoms with van der Waals surface area (Å²) in [4.78, 5) is 45.6. The molecule has 1 aliphatic carbocycles. The minimum atomic E-state index is -0.315. The first-order chi connectivity index (χ1) is 16.6. The Kier molecular flexibility index (Phi) is 6.85. The molecule has 4 aliphatic rings. The van der Waals surface area contributed by atoms with Crippen molar-refractivity contribution in [3.63, 3.8) is 0 Å². The molecular formula is C25H35N5O4. The van der Waals surface area contributed by atoms with Gasteiger partial charge in [-0.15, -0.1) is 0 Å². The van der Waals surface area contributed by atoms with E-state index in [1.165, 1.54) is 0 Å². The van der Waals surface area contributed by atoms with E-state index in [0.29, 0.717) is 45.9 Å². The van der Waals surface area contributed by atoms with Crippen molar-refractivity contribution in [3.05, 3.63) is 30.3 Å². The minimum Gasteiger partial charge on any atom is -0.385 e. The first-order valence-electron chi connectivity index (χ1n) is 12.5. The number of hydrogen-bond acceptors (Lipinski definition) is 6. The van der Waals surface area contributed by atoms with E-state index < -0.39 is 0 Å². The molecule has 1 N–H and O–H groups in total. The van der Waals surface area contributed by atoms with Gasteiger partial charge in [-0.05, 0) is 31.4 Å². The van der Waals surface area contributed by atoms with E-state index in [0.717, 1.165) is 31.5 Å². The molecule has 9 nitrogen and oxygen atoms in total. The maximum Gasteiger partial charge on any atom is 0.247 e. The molecule has 3 unspecified atom stereocenters. The van der Waals surface area contributed by atoms with Gasteiger partial charge in [-0.2, -0.15) is 0 Å². The lowest BCUT2D eigenvalue weighted by atomic mass is 9.83. The number of carbonyl (C=O) groups is 3. The Labute approximate surface area is 200 Å². The zero-order chi connectivity index (χ0) is 23.7. The van der Waals surface area contributed by atoms with Gasteiger partial charge in [0.1, 0.15) is 0 Å². The highest BCUT2D eigenvalue weighted by atomic mass is 16.5. The summed E-state index contributed by atoms with van der Waals surface area (Å²) >= 11 is 0. The number of benzene rings is 1. The number of para-hydroxylation sites is 1. The maximum atomic E-state index is 13.7. The maximum absolute atomic E-state index is 13.7. The number of hydrazine groups is 1. The number of anilines is 1. The SMILES string of the molecule is COCCCN1CC(C(=O)N2CCN(C(=O)C3CC3)CC2)C2NN(c3ccccc3)C(=O)C2C1. The molecule has 184 valence electrons.